The van der Waals surface area contributed by atoms with Gasteiger partial charge in [0.15, 0.2) is 5.69 Å². The molecule has 0 saturated carbocycles. The highest BCUT2D eigenvalue weighted by molar-refractivity contribution is 9.10. The van der Waals surface area contributed by atoms with Crippen LogP contribution in [0.25, 0.3) is 5.69 Å². The van der Waals surface area contributed by atoms with Gasteiger partial charge in [0, 0.05) is 11.0 Å². The average Bonchev–Trinajstić information content (AvgIpc) is 3.47. The number of carbonyl (C=O) groups excluding carboxylic acids is 1. The minimum absolute atomic E-state index is 0.0878. The van der Waals surface area contributed by atoms with Crippen molar-refractivity contribution in [1.29, 1.82) is 0 Å². The summed E-state index contributed by atoms with van der Waals surface area (Å²) in [5.74, 6) is 0.583. The zero-order valence-electron chi connectivity index (χ0n) is 16.8. The topological polar surface area (TPSA) is 72.3 Å². The van der Waals surface area contributed by atoms with Crippen LogP contribution in [0.4, 0.5) is 0 Å². The lowest BCUT2D eigenvalue weighted by molar-refractivity contribution is 0.0933. The van der Waals surface area contributed by atoms with E-state index in [0.717, 1.165) is 34.6 Å². The Morgan fingerprint density at radius 2 is 2.00 bits per heavy atom. The van der Waals surface area contributed by atoms with Crippen LogP contribution < -0.4 is 10.1 Å². The molecule has 1 saturated heterocycles. The number of aromatic nitrogens is 3. The van der Waals surface area contributed by atoms with Crippen molar-refractivity contribution in [3.8, 4) is 11.4 Å². The van der Waals surface area contributed by atoms with E-state index in [2.05, 4.69) is 42.5 Å². The van der Waals surface area contributed by atoms with Gasteiger partial charge in [-0.05, 0) is 71.7 Å². The highest BCUT2D eigenvalue weighted by Gasteiger charge is 2.25. The molecular formula is C22H24BrN5O2. The molecule has 0 bridgehead atoms. The third-order valence-corrected chi connectivity index (χ3v) is 6.01. The fraction of sp³-hybridized carbons (Fsp3) is 0.318. The molecular weight excluding hydrogens is 446 g/mol. The SMILES string of the molecule is COc1cccc([C@H](CNC(=O)c2cn(-c3ccccc3Br)nn2)N2CCCC2)c1. The number of nitrogens with zero attached hydrogens (tertiary/aromatic N) is 4. The number of rotatable bonds is 7. The number of ether oxygens (including phenoxy) is 1. The van der Waals surface area contributed by atoms with Crippen molar-refractivity contribution in [2.24, 2.45) is 0 Å². The second-order valence-corrected chi connectivity index (χ2v) is 8.10. The summed E-state index contributed by atoms with van der Waals surface area (Å²) in [5, 5.41) is 11.2. The number of benzene rings is 2. The second-order valence-electron chi connectivity index (χ2n) is 7.25. The smallest absolute Gasteiger partial charge is 0.273 e. The van der Waals surface area contributed by atoms with E-state index < -0.39 is 0 Å². The second kappa shape index (κ2) is 9.40. The number of nitrogens with one attached hydrogen (secondary N) is 1. The van der Waals surface area contributed by atoms with E-state index in [9.17, 15) is 4.79 Å². The molecule has 156 valence electrons. The molecule has 3 aromatic rings. The van der Waals surface area contributed by atoms with Crippen LogP contribution in [0.15, 0.2) is 59.2 Å². The van der Waals surface area contributed by atoms with Crippen molar-refractivity contribution in [3.05, 3.63) is 70.5 Å². The Morgan fingerprint density at radius 3 is 2.77 bits per heavy atom. The summed E-state index contributed by atoms with van der Waals surface area (Å²) in [4.78, 5) is 15.2. The third kappa shape index (κ3) is 4.55. The van der Waals surface area contributed by atoms with E-state index in [1.165, 1.54) is 12.8 Å². The van der Waals surface area contributed by atoms with Gasteiger partial charge in [-0.1, -0.05) is 29.5 Å². The molecule has 1 aliphatic heterocycles. The average molecular weight is 470 g/mol. The van der Waals surface area contributed by atoms with Crippen LogP contribution in [0.2, 0.25) is 0 Å². The fourth-order valence-electron chi connectivity index (χ4n) is 3.76. The van der Waals surface area contributed by atoms with Crippen LogP contribution in [-0.4, -0.2) is 52.5 Å². The van der Waals surface area contributed by atoms with Crippen molar-refractivity contribution in [2.45, 2.75) is 18.9 Å². The number of hydrogen-bond donors (Lipinski definition) is 1. The summed E-state index contributed by atoms with van der Waals surface area (Å²) in [6.45, 7) is 2.54. The first-order valence-electron chi connectivity index (χ1n) is 9.99. The maximum absolute atomic E-state index is 12.8. The Bertz CT molecular complexity index is 1020. The molecule has 0 aliphatic carbocycles. The van der Waals surface area contributed by atoms with Crippen LogP contribution in [-0.2, 0) is 0 Å². The monoisotopic (exact) mass is 469 g/mol. The number of methoxy groups -OCH3 is 1. The molecule has 1 aliphatic rings. The molecule has 7 nitrogen and oxygen atoms in total. The summed E-state index contributed by atoms with van der Waals surface area (Å²) in [6.07, 6.45) is 4.00. The van der Waals surface area contributed by atoms with Gasteiger partial charge in [-0.15, -0.1) is 5.10 Å². The molecule has 0 radical (unpaired) electrons. The van der Waals surface area contributed by atoms with Gasteiger partial charge in [-0.3, -0.25) is 9.69 Å². The number of amides is 1. The Morgan fingerprint density at radius 1 is 1.20 bits per heavy atom. The number of halogens is 1. The normalized spacial score (nSPS) is 15.1. The molecule has 1 atom stereocenters. The molecule has 0 unspecified atom stereocenters. The molecule has 2 heterocycles. The highest BCUT2D eigenvalue weighted by Crippen LogP contribution is 2.27. The minimum atomic E-state index is -0.236. The predicted molar refractivity (Wildman–Crippen MR) is 118 cm³/mol. The van der Waals surface area contributed by atoms with E-state index in [1.54, 1.807) is 18.0 Å². The van der Waals surface area contributed by atoms with Crippen LogP contribution in [0.1, 0.15) is 34.9 Å². The maximum atomic E-state index is 12.8. The van der Waals surface area contributed by atoms with Crippen molar-refractivity contribution in [2.75, 3.05) is 26.7 Å². The standard InChI is InChI=1S/C22H24BrN5O2/c1-30-17-8-6-7-16(13-17)21(27-11-4-5-12-27)14-24-22(29)19-15-28(26-25-19)20-10-3-2-9-18(20)23/h2-3,6-10,13,15,21H,4-5,11-12,14H2,1H3,(H,24,29)/t21-/m0/s1. The van der Waals surface area contributed by atoms with Gasteiger partial charge < -0.3 is 10.1 Å². The summed E-state index contributed by atoms with van der Waals surface area (Å²) in [5.41, 5.74) is 2.25. The number of para-hydroxylation sites is 1. The Hall–Kier alpha value is -2.71. The van der Waals surface area contributed by atoms with Crippen LogP contribution in [0.5, 0.6) is 5.75 Å². The first-order valence-corrected chi connectivity index (χ1v) is 10.8. The van der Waals surface area contributed by atoms with Gasteiger partial charge in [0.1, 0.15) is 5.75 Å². The molecule has 4 rings (SSSR count). The quantitative estimate of drug-likeness (QED) is 0.572. The van der Waals surface area contributed by atoms with Crippen LogP contribution in [0, 0.1) is 0 Å². The van der Waals surface area contributed by atoms with Crippen molar-refractivity contribution >= 4 is 21.8 Å². The fourth-order valence-corrected chi connectivity index (χ4v) is 4.23. The molecule has 1 amide bonds. The van der Waals surface area contributed by atoms with Crippen LogP contribution >= 0.6 is 15.9 Å². The van der Waals surface area contributed by atoms with E-state index >= 15 is 0 Å². The predicted octanol–water partition coefficient (Wildman–Crippen LogP) is 3.61. The van der Waals surface area contributed by atoms with Gasteiger partial charge in [-0.2, -0.15) is 0 Å². The largest absolute Gasteiger partial charge is 0.497 e. The van der Waals surface area contributed by atoms with Gasteiger partial charge in [0.25, 0.3) is 5.91 Å². The molecule has 2 aromatic carbocycles. The number of likely N-dealkylation sites (tertiary alicyclic amines) is 1. The lowest BCUT2D eigenvalue weighted by atomic mass is 10.0. The van der Waals surface area contributed by atoms with Gasteiger partial charge in [-0.25, -0.2) is 4.68 Å². The Labute approximate surface area is 184 Å². The zero-order valence-corrected chi connectivity index (χ0v) is 18.4. The minimum Gasteiger partial charge on any atom is -0.497 e. The molecule has 1 N–H and O–H groups in total. The highest BCUT2D eigenvalue weighted by atomic mass is 79.9. The van der Waals surface area contributed by atoms with E-state index in [4.69, 9.17) is 4.74 Å². The van der Waals surface area contributed by atoms with E-state index in [1.807, 2.05) is 42.5 Å². The van der Waals surface area contributed by atoms with Gasteiger partial charge >= 0.3 is 0 Å². The van der Waals surface area contributed by atoms with Crippen molar-refractivity contribution in [3.63, 3.8) is 0 Å². The molecule has 30 heavy (non-hydrogen) atoms. The molecule has 0 spiro atoms. The van der Waals surface area contributed by atoms with Crippen molar-refractivity contribution in [1.82, 2.24) is 25.2 Å². The summed E-state index contributed by atoms with van der Waals surface area (Å²) in [6, 6.07) is 15.8. The van der Waals surface area contributed by atoms with Crippen LogP contribution in [0.3, 0.4) is 0 Å². The molecule has 1 aromatic heterocycles. The third-order valence-electron chi connectivity index (χ3n) is 5.34. The van der Waals surface area contributed by atoms with E-state index in [0.29, 0.717) is 6.54 Å². The lowest BCUT2D eigenvalue weighted by Gasteiger charge is -2.28. The molecule has 8 heteroatoms. The van der Waals surface area contributed by atoms with Crippen molar-refractivity contribution < 1.29 is 9.53 Å². The van der Waals surface area contributed by atoms with Gasteiger partial charge in [0.2, 0.25) is 0 Å². The lowest BCUT2D eigenvalue weighted by Crippen LogP contribution is -2.37. The summed E-state index contributed by atoms with van der Waals surface area (Å²) in [7, 11) is 1.67. The maximum Gasteiger partial charge on any atom is 0.273 e. The number of carbonyl (C=O) groups is 1. The first-order chi connectivity index (χ1) is 14.7. The van der Waals surface area contributed by atoms with E-state index in [-0.39, 0.29) is 17.6 Å². The molecule has 1 fully saturated rings. The Balaban J connectivity index is 1.48. The Kier molecular flexibility index (Phi) is 6.44. The summed E-state index contributed by atoms with van der Waals surface area (Å²) < 4.78 is 7.87. The summed E-state index contributed by atoms with van der Waals surface area (Å²) >= 11 is 3.50. The number of hydrogen-bond acceptors (Lipinski definition) is 5. The zero-order chi connectivity index (χ0) is 20.9. The van der Waals surface area contributed by atoms with Gasteiger partial charge in [0.05, 0.1) is 25.0 Å². The first kappa shape index (κ1) is 20.6.